The van der Waals surface area contributed by atoms with Crippen molar-refractivity contribution < 1.29 is 19.7 Å². The predicted molar refractivity (Wildman–Crippen MR) is 104 cm³/mol. The van der Waals surface area contributed by atoms with Crippen molar-refractivity contribution in [2.45, 2.75) is 0 Å². The molecule has 0 fully saturated rings. The van der Waals surface area contributed by atoms with Gasteiger partial charge in [0.1, 0.15) is 33.7 Å². The van der Waals surface area contributed by atoms with Crippen molar-refractivity contribution in [3.8, 4) is 51.5 Å². The summed E-state index contributed by atoms with van der Waals surface area (Å²) in [6.07, 6.45) is 0. The van der Waals surface area contributed by atoms with E-state index in [-0.39, 0.29) is 27.3 Å². The van der Waals surface area contributed by atoms with Gasteiger partial charge in [0.15, 0.2) is 0 Å². The number of phenols is 2. The summed E-state index contributed by atoms with van der Waals surface area (Å²) in [5.74, 6) is 0.626. The number of ether oxygens (including phenoxy) is 2. The second kappa shape index (κ2) is 7.40. The van der Waals surface area contributed by atoms with Gasteiger partial charge in [-0.25, -0.2) is 0 Å². The number of pyridine rings is 1. The van der Waals surface area contributed by atoms with E-state index < -0.39 is 0 Å². The minimum absolute atomic E-state index is 0.164. The molecule has 0 saturated carbocycles. The SMILES string of the molecule is COc1ccc(-c2cc(C#N)c(=S)[nH]c2-c2c(O)cc(OC)cc2O)cc1. The molecule has 0 aliphatic rings. The normalized spacial score (nSPS) is 10.3. The summed E-state index contributed by atoms with van der Waals surface area (Å²) in [7, 11) is 3.01. The van der Waals surface area contributed by atoms with Crippen LogP contribution in [0.4, 0.5) is 0 Å². The van der Waals surface area contributed by atoms with Crippen LogP contribution in [0.5, 0.6) is 23.0 Å². The van der Waals surface area contributed by atoms with E-state index in [2.05, 4.69) is 4.98 Å². The number of aromatic amines is 1. The van der Waals surface area contributed by atoms with Crippen LogP contribution < -0.4 is 9.47 Å². The first-order chi connectivity index (χ1) is 13.0. The van der Waals surface area contributed by atoms with Gasteiger partial charge < -0.3 is 24.7 Å². The number of H-pyrrole nitrogens is 1. The Kier molecular flexibility index (Phi) is 5.01. The van der Waals surface area contributed by atoms with Gasteiger partial charge in [0.2, 0.25) is 0 Å². The van der Waals surface area contributed by atoms with Gasteiger partial charge in [-0.3, -0.25) is 0 Å². The first-order valence-electron chi connectivity index (χ1n) is 7.90. The number of methoxy groups -OCH3 is 2. The number of nitriles is 1. The maximum absolute atomic E-state index is 10.4. The molecule has 0 radical (unpaired) electrons. The number of nitrogens with one attached hydrogen (secondary N) is 1. The van der Waals surface area contributed by atoms with Gasteiger partial charge in [-0.2, -0.15) is 5.26 Å². The first kappa shape index (κ1) is 18.3. The highest BCUT2D eigenvalue weighted by molar-refractivity contribution is 7.71. The number of benzene rings is 2. The van der Waals surface area contributed by atoms with Crippen molar-refractivity contribution >= 4 is 12.2 Å². The molecule has 0 amide bonds. The zero-order valence-electron chi connectivity index (χ0n) is 14.6. The van der Waals surface area contributed by atoms with E-state index in [9.17, 15) is 15.5 Å². The lowest BCUT2D eigenvalue weighted by atomic mass is 9.96. The van der Waals surface area contributed by atoms with Crippen LogP contribution in [-0.2, 0) is 0 Å². The van der Waals surface area contributed by atoms with E-state index in [4.69, 9.17) is 21.7 Å². The Morgan fingerprint density at radius 2 is 1.56 bits per heavy atom. The Balaban J connectivity index is 2.31. The molecule has 27 heavy (non-hydrogen) atoms. The molecule has 6 nitrogen and oxygen atoms in total. The molecular weight excluding hydrogens is 364 g/mol. The highest BCUT2D eigenvalue weighted by atomic mass is 32.1. The zero-order chi connectivity index (χ0) is 19.6. The Morgan fingerprint density at radius 3 is 2.07 bits per heavy atom. The number of aromatic nitrogens is 1. The molecule has 0 saturated heterocycles. The Hall–Kier alpha value is -3.50. The Labute approximate surface area is 160 Å². The monoisotopic (exact) mass is 380 g/mol. The van der Waals surface area contributed by atoms with E-state index >= 15 is 0 Å². The number of aromatic hydroxyl groups is 2. The minimum atomic E-state index is -0.183. The van der Waals surface area contributed by atoms with E-state index in [1.54, 1.807) is 25.3 Å². The van der Waals surface area contributed by atoms with Crippen LogP contribution >= 0.6 is 12.2 Å². The van der Waals surface area contributed by atoms with Gasteiger partial charge in [0.05, 0.1) is 31.0 Å². The van der Waals surface area contributed by atoms with Crippen LogP contribution in [0.15, 0.2) is 42.5 Å². The van der Waals surface area contributed by atoms with Crippen LogP contribution in [0.25, 0.3) is 22.4 Å². The standard InChI is InChI=1S/C20H16N2O4S/c1-25-13-5-3-11(4-6-13)15-7-12(10-21)20(27)22-19(15)18-16(23)8-14(26-2)9-17(18)24/h3-9,23-24H,1-2H3,(H,22,27). The molecule has 0 atom stereocenters. The van der Waals surface area contributed by atoms with Crippen molar-refractivity contribution in [3.05, 3.63) is 52.7 Å². The summed E-state index contributed by atoms with van der Waals surface area (Å²) in [4.78, 5) is 2.96. The Bertz CT molecular complexity index is 1080. The maximum atomic E-state index is 10.4. The summed E-state index contributed by atoms with van der Waals surface area (Å²) in [6.45, 7) is 0. The number of hydrogen-bond acceptors (Lipinski definition) is 6. The van der Waals surface area contributed by atoms with Crippen LogP contribution in [0, 0.1) is 16.0 Å². The molecule has 3 N–H and O–H groups in total. The van der Waals surface area contributed by atoms with Crippen LogP contribution in [-0.4, -0.2) is 29.4 Å². The summed E-state index contributed by atoms with van der Waals surface area (Å²) in [5, 5.41) is 30.2. The lowest BCUT2D eigenvalue weighted by Crippen LogP contribution is -1.95. The van der Waals surface area contributed by atoms with Gasteiger partial charge in [0.25, 0.3) is 0 Å². The summed E-state index contributed by atoms with van der Waals surface area (Å²) < 4.78 is 10.4. The van der Waals surface area contributed by atoms with Gasteiger partial charge >= 0.3 is 0 Å². The second-order valence-corrected chi connectivity index (χ2v) is 6.09. The molecule has 7 heteroatoms. The maximum Gasteiger partial charge on any atom is 0.132 e. The summed E-state index contributed by atoms with van der Waals surface area (Å²) >= 11 is 5.24. The van der Waals surface area contributed by atoms with Crippen LogP contribution in [0.3, 0.4) is 0 Å². The van der Waals surface area contributed by atoms with E-state index in [0.717, 1.165) is 5.56 Å². The molecule has 2 aromatic carbocycles. The van der Waals surface area contributed by atoms with Crippen molar-refractivity contribution in [2.75, 3.05) is 14.2 Å². The van der Waals surface area contributed by atoms with Crippen LogP contribution in [0.2, 0.25) is 0 Å². The first-order valence-corrected chi connectivity index (χ1v) is 8.31. The summed E-state index contributed by atoms with van der Waals surface area (Å²) in [6, 6.07) is 13.6. The largest absolute Gasteiger partial charge is 0.507 e. The third-order valence-electron chi connectivity index (χ3n) is 4.12. The van der Waals surface area contributed by atoms with Crippen molar-refractivity contribution in [1.29, 1.82) is 5.26 Å². The predicted octanol–water partition coefficient (Wildman–Crippen LogP) is 4.38. The van der Waals surface area contributed by atoms with E-state index in [1.165, 1.54) is 19.2 Å². The lowest BCUT2D eigenvalue weighted by molar-refractivity contribution is 0.399. The third-order valence-corrected chi connectivity index (χ3v) is 4.44. The number of phenolic OH excluding ortho intramolecular Hbond substituents is 2. The number of nitrogens with zero attached hydrogens (tertiary/aromatic N) is 1. The van der Waals surface area contributed by atoms with Crippen LogP contribution in [0.1, 0.15) is 5.56 Å². The van der Waals surface area contributed by atoms with Gasteiger partial charge in [-0.15, -0.1) is 0 Å². The molecule has 0 aliphatic carbocycles. The third kappa shape index (κ3) is 3.43. The molecule has 0 spiro atoms. The van der Waals surface area contributed by atoms with E-state index in [0.29, 0.717) is 22.8 Å². The molecular formula is C20H16N2O4S. The molecule has 0 bridgehead atoms. The topological polar surface area (TPSA) is 98.5 Å². The average molecular weight is 380 g/mol. The fourth-order valence-corrected chi connectivity index (χ4v) is 2.98. The highest BCUT2D eigenvalue weighted by Crippen LogP contribution is 2.43. The van der Waals surface area contributed by atoms with Crippen molar-refractivity contribution in [2.24, 2.45) is 0 Å². The lowest BCUT2D eigenvalue weighted by Gasteiger charge is -2.15. The molecule has 136 valence electrons. The fraction of sp³-hybridized carbons (Fsp3) is 0.100. The molecule has 3 aromatic rings. The second-order valence-electron chi connectivity index (χ2n) is 5.68. The average Bonchev–Trinajstić information content (AvgIpc) is 2.67. The summed E-state index contributed by atoms with van der Waals surface area (Å²) in [5.41, 5.74) is 2.19. The zero-order valence-corrected chi connectivity index (χ0v) is 15.4. The smallest absolute Gasteiger partial charge is 0.132 e. The minimum Gasteiger partial charge on any atom is -0.507 e. The molecule has 1 heterocycles. The molecule has 1 aromatic heterocycles. The quantitative estimate of drug-likeness (QED) is 0.581. The Morgan fingerprint density at radius 1 is 0.963 bits per heavy atom. The van der Waals surface area contributed by atoms with Crippen molar-refractivity contribution in [3.63, 3.8) is 0 Å². The van der Waals surface area contributed by atoms with E-state index in [1.807, 2.05) is 18.2 Å². The molecule has 0 unspecified atom stereocenters. The van der Waals surface area contributed by atoms with Gasteiger partial charge in [0, 0.05) is 17.7 Å². The molecule has 0 aliphatic heterocycles. The number of hydrogen-bond donors (Lipinski definition) is 3. The highest BCUT2D eigenvalue weighted by Gasteiger charge is 2.19. The van der Waals surface area contributed by atoms with Gasteiger partial charge in [-0.05, 0) is 23.8 Å². The number of rotatable bonds is 4. The molecule has 3 rings (SSSR count). The van der Waals surface area contributed by atoms with Gasteiger partial charge in [-0.1, -0.05) is 24.4 Å². The fourth-order valence-electron chi connectivity index (χ4n) is 2.77. The van der Waals surface area contributed by atoms with Crippen molar-refractivity contribution in [1.82, 2.24) is 4.98 Å².